The standard InChI is InChI=1S/C18H22N4O2/c1-11(2)8-12-9-16(22(3)21-12)18(24)20-15-10-17(23)19-14-7-5-4-6-13(14)15/h4-7,9,11,15H,8,10H2,1-3H3,(H,19,23)(H,20,24). The summed E-state index contributed by atoms with van der Waals surface area (Å²) >= 11 is 0. The van der Waals surface area contributed by atoms with E-state index in [0.717, 1.165) is 23.4 Å². The number of nitrogens with zero attached hydrogens (tertiary/aromatic N) is 2. The fourth-order valence-corrected chi connectivity index (χ4v) is 3.03. The van der Waals surface area contributed by atoms with Gasteiger partial charge in [-0.15, -0.1) is 0 Å². The van der Waals surface area contributed by atoms with E-state index in [1.165, 1.54) is 0 Å². The molecule has 2 amide bonds. The zero-order valence-electron chi connectivity index (χ0n) is 14.2. The van der Waals surface area contributed by atoms with Gasteiger partial charge in [-0.25, -0.2) is 0 Å². The Morgan fingerprint density at radius 3 is 2.92 bits per heavy atom. The van der Waals surface area contributed by atoms with Crippen molar-refractivity contribution in [1.29, 1.82) is 0 Å². The summed E-state index contributed by atoms with van der Waals surface area (Å²) in [5.74, 6) is 0.170. The molecule has 0 saturated carbocycles. The lowest BCUT2D eigenvalue weighted by molar-refractivity contribution is -0.116. The molecule has 0 bridgehead atoms. The molecular weight excluding hydrogens is 304 g/mol. The van der Waals surface area contributed by atoms with Gasteiger partial charge in [-0.2, -0.15) is 5.10 Å². The average Bonchev–Trinajstić information content (AvgIpc) is 2.86. The van der Waals surface area contributed by atoms with Crippen LogP contribution in [0.5, 0.6) is 0 Å². The van der Waals surface area contributed by atoms with Crippen LogP contribution in [-0.4, -0.2) is 21.6 Å². The van der Waals surface area contributed by atoms with Gasteiger partial charge in [0.25, 0.3) is 5.91 Å². The Balaban J connectivity index is 1.80. The lowest BCUT2D eigenvalue weighted by Gasteiger charge is -2.26. The van der Waals surface area contributed by atoms with Gasteiger partial charge >= 0.3 is 0 Å². The van der Waals surface area contributed by atoms with Crippen molar-refractivity contribution in [3.05, 3.63) is 47.3 Å². The molecule has 1 aliphatic rings. The third kappa shape index (κ3) is 3.32. The van der Waals surface area contributed by atoms with Crippen molar-refractivity contribution in [1.82, 2.24) is 15.1 Å². The van der Waals surface area contributed by atoms with E-state index in [4.69, 9.17) is 0 Å². The lowest BCUT2D eigenvalue weighted by atomic mass is 9.97. The smallest absolute Gasteiger partial charge is 0.270 e. The van der Waals surface area contributed by atoms with Crippen LogP contribution in [0, 0.1) is 5.92 Å². The Kier molecular flexibility index (Phi) is 4.38. The van der Waals surface area contributed by atoms with Crippen LogP contribution in [0.25, 0.3) is 0 Å². The minimum absolute atomic E-state index is 0.0931. The Bertz CT molecular complexity index is 779. The molecule has 3 rings (SSSR count). The van der Waals surface area contributed by atoms with Gasteiger partial charge in [0, 0.05) is 12.7 Å². The summed E-state index contributed by atoms with van der Waals surface area (Å²) in [6.45, 7) is 4.23. The molecule has 2 aromatic rings. The monoisotopic (exact) mass is 326 g/mol. The van der Waals surface area contributed by atoms with Crippen molar-refractivity contribution in [3.8, 4) is 0 Å². The number of nitrogens with one attached hydrogen (secondary N) is 2. The van der Waals surface area contributed by atoms with E-state index in [-0.39, 0.29) is 24.3 Å². The number of aryl methyl sites for hydroxylation is 1. The van der Waals surface area contributed by atoms with Gasteiger partial charge in [-0.1, -0.05) is 32.0 Å². The SMILES string of the molecule is CC(C)Cc1cc(C(=O)NC2CC(=O)Nc3ccccc32)n(C)n1. The molecule has 24 heavy (non-hydrogen) atoms. The molecule has 2 heterocycles. The zero-order valence-corrected chi connectivity index (χ0v) is 14.2. The summed E-state index contributed by atoms with van der Waals surface area (Å²) in [6, 6.07) is 9.03. The maximum Gasteiger partial charge on any atom is 0.270 e. The first-order valence-corrected chi connectivity index (χ1v) is 8.16. The van der Waals surface area contributed by atoms with E-state index in [9.17, 15) is 9.59 Å². The molecule has 1 aliphatic heterocycles. The first kappa shape index (κ1) is 16.2. The predicted molar refractivity (Wildman–Crippen MR) is 91.6 cm³/mol. The average molecular weight is 326 g/mol. The zero-order chi connectivity index (χ0) is 17.3. The number of hydrogen-bond acceptors (Lipinski definition) is 3. The normalized spacial score (nSPS) is 16.7. The summed E-state index contributed by atoms with van der Waals surface area (Å²) in [7, 11) is 1.76. The van der Waals surface area contributed by atoms with E-state index in [1.807, 2.05) is 30.3 Å². The molecule has 6 heteroatoms. The van der Waals surface area contributed by atoms with Crippen LogP contribution in [0.3, 0.4) is 0 Å². The molecule has 126 valence electrons. The molecule has 0 radical (unpaired) electrons. The highest BCUT2D eigenvalue weighted by Gasteiger charge is 2.27. The molecule has 0 fully saturated rings. The number of carbonyl (C=O) groups excluding carboxylic acids is 2. The predicted octanol–water partition coefficient (Wildman–Crippen LogP) is 2.43. The highest BCUT2D eigenvalue weighted by molar-refractivity contribution is 5.97. The van der Waals surface area contributed by atoms with Crippen LogP contribution in [0.15, 0.2) is 30.3 Å². The summed E-state index contributed by atoms with van der Waals surface area (Å²) in [5.41, 5.74) is 3.09. The third-order valence-corrected chi connectivity index (χ3v) is 4.09. The van der Waals surface area contributed by atoms with Crippen molar-refractivity contribution in [2.45, 2.75) is 32.7 Å². The van der Waals surface area contributed by atoms with Crippen LogP contribution >= 0.6 is 0 Å². The lowest BCUT2D eigenvalue weighted by Crippen LogP contribution is -2.35. The summed E-state index contributed by atoms with van der Waals surface area (Å²) in [5, 5.41) is 10.2. The molecule has 2 N–H and O–H groups in total. The quantitative estimate of drug-likeness (QED) is 0.906. The second kappa shape index (κ2) is 6.47. The minimum atomic E-state index is -0.328. The molecule has 1 atom stereocenters. The highest BCUT2D eigenvalue weighted by Crippen LogP contribution is 2.30. The number of hydrogen-bond donors (Lipinski definition) is 2. The number of amides is 2. The van der Waals surface area contributed by atoms with Crippen molar-refractivity contribution in [3.63, 3.8) is 0 Å². The maximum atomic E-state index is 12.6. The van der Waals surface area contributed by atoms with E-state index in [2.05, 4.69) is 29.6 Å². The topological polar surface area (TPSA) is 76.0 Å². The number of benzene rings is 1. The second-order valence-corrected chi connectivity index (χ2v) is 6.61. The number of anilines is 1. The van der Waals surface area contributed by atoms with Crippen molar-refractivity contribution in [2.24, 2.45) is 13.0 Å². The van der Waals surface area contributed by atoms with E-state index < -0.39 is 0 Å². The Morgan fingerprint density at radius 2 is 2.17 bits per heavy atom. The molecule has 1 aromatic heterocycles. The van der Waals surface area contributed by atoms with Crippen molar-refractivity contribution < 1.29 is 9.59 Å². The van der Waals surface area contributed by atoms with Crippen LogP contribution in [0.1, 0.15) is 48.1 Å². The van der Waals surface area contributed by atoms with Gasteiger partial charge in [0.15, 0.2) is 0 Å². The number of fused-ring (bicyclic) bond motifs is 1. The number of rotatable bonds is 4. The van der Waals surface area contributed by atoms with Crippen LogP contribution in [0.4, 0.5) is 5.69 Å². The minimum Gasteiger partial charge on any atom is -0.343 e. The first-order chi connectivity index (χ1) is 11.4. The summed E-state index contributed by atoms with van der Waals surface area (Å²) < 4.78 is 1.60. The Hall–Kier alpha value is -2.63. The van der Waals surface area contributed by atoms with Gasteiger partial charge in [-0.3, -0.25) is 14.3 Å². The van der Waals surface area contributed by atoms with E-state index in [1.54, 1.807) is 11.7 Å². The largest absolute Gasteiger partial charge is 0.343 e. The highest BCUT2D eigenvalue weighted by atomic mass is 16.2. The molecule has 1 unspecified atom stereocenters. The first-order valence-electron chi connectivity index (χ1n) is 8.16. The number of para-hydroxylation sites is 1. The van der Waals surface area contributed by atoms with Gasteiger partial charge in [0.05, 0.1) is 18.2 Å². The second-order valence-electron chi connectivity index (χ2n) is 6.61. The molecule has 0 spiro atoms. The van der Waals surface area contributed by atoms with Crippen molar-refractivity contribution in [2.75, 3.05) is 5.32 Å². The van der Waals surface area contributed by atoms with Crippen molar-refractivity contribution >= 4 is 17.5 Å². The Morgan fingerprint density at radius 1 is 1.42 bits per heavy atom. The van der Waals surface area contributed by atoms with Gasteiger partial charge < -0.3 is 10.6 Å². The Labute approximate surface area is 141 Å². The number of aromatic nitrogens is 2. The molecule has 1 aromatic carbocycles. The molecular formula is C18H22N4O2. The van der Waals surface area contributed by atoms with Crippen LogP contribution in [-0.2, 0) is 18.3 Å². The molecule has 6 nitrogen and oxygen atoms in total. The summed E-state index contributed by atoms with van der Waals surface area (Å²) in [6.07, 6.45) is 1.06. The molecule has 0 aliphatic carbocycles. The molecule has 0 saturated heterocycles. The summed E-state index contributed by atoms with van der Waals surface area (Å²) in [4.78, 5) is 24.5. The van der Waals surface area contributed by atoms with Crippen LogP contribution in [0.2, 0.25) is 0 Å². The van der Waals surface area contributed by atoms with Gasteiger partial charge in [0.2, 0.25) is 5.91 Å². The van der Waals surface area contributed by atoms with Gasteiger partial charge in [-0.05, 0) is 30.0 Å². The van der Waals surface area contributed by atoms with E-state index >= 15 is 0 Å². The fraction of sp³-hybridized carbons (Fsp3) is 0.389. The maximum absolute atomic E-state index is 12.6. The third-order valence-electron chi connectivity index (χ3n) is 4.09. The number of carbonyl (C=O) groups is 2. The fourth-order valence-electron chi connectivity index (χ4n) is 3.03. The van der Waals surface area contributed by atoms with Gasteiger partial charge in [0.1, 0.15) is 5.69 Å². The van der Waals surface area contributed by atoms with E-state index in [0.29, 0.717) is 11.6 Å². The van der Waals surface area contributed by atoms with Crippen LogP contribution < -0.4 is 10.6 Å².